The van der Waals surface area contributed by atoms with Crippen LogP contribution in [0.25, 0.3) is 10.8 Å². The van der Waals surface area contributed by atoms with Crippen molar-refractivity contribution in [3.63, 3.8) is 0 Å². The summed E-state index contributed by atoms with van der Waals surface area (Å²) < 4.78 is 0. The quantitative estimate of drug-likeness (QED) is 0.824. The van der Waals surface area contributed by atoms with Crippen molar-refractivity contribution in [3.05, 3.63) is 48.0 Å². The van der Waals surface area contributed by atoms with Crippen LogP contribution in [0, 0.1) is 0 Å². The molecule has 2 amide bonds. The number of carbonyl (C=O) groups excluding carboxylic acids is 1. The van der Waals surface area contributed by atoms with E-state index < -0.39 is 6.03 Å². The van der Waals surface area contributed by atoms with E-state index in [1.54, 1.807) is 0 Å². The monoisotopic (exact) mass is 270 g/mol. The summed E-state index contributed by atoms with van der Waals surface area (Å²) in [7, 11) is 0. The minimum Gasteiger partial charge on any atom is -0.352 e. The minimum atomic E-state index is -0.452. The van der Waals surface area contributed by atoms with Crippen molar-refractivity contribution in [3.8, 4) is 0 Å². The number of unbranched alkanes of at least 4 members (excludes halogenated alkanes) is 1. The van der Waals surface area contributed by atoms with Crippen LogP contribution in [0.3, 0.4) is 0 Å². The van der Waals surface area contributed by atoms with E-state index in [9.17, 15) is 4.79 Å². The zero-order valence-corrected chi connectivity index (χ0v) is 11.9. The molecule has 3 nitrogen and oxygen atoms in total. The average molecular weight is 270 g/mol. The number of benzene rings is 2. The van der Waals surface area contributed by atoms with Gasteiger partial charge in [0.2, 0.25) is 0 Å². The summed E-state index contributed by atoms with van der Waals surface area (Å²) in [5, 5.41) is 5.26. The lowest BCUT2D eigenvalue weighted by Crippen LogP contribution is -2.33. The maximum absolute atomic E-state index is 11.0. The Hall–Kier alpha value is -2.03. The van der Waals surface area contributed by atoms with Crippen LogP contribution in [-0.2, 0) is 0 Å². The van der Waals surface area contributed by atoms with E-state index in [1.165, 1.54) is 16.3 Å². The van der Waals surface area contributed by atoms with Gasteiger partial charge in [0, 0.05) is 12.5 Å². The minimum absolute atomic E-state index is 0.313. The SMILES string of the molecule is CCCCC(CNC(N)=O)c1cccc2ccccc12. The molecular weight excluding hydrogens is 248 g/mol. The average Bonchev–Trinajstić information content (AvgIpc) is 2.47. The van der Waals surface area contributed by atoms with Crippen molar-refractivity contribution in [1.82, 2.24) is 5.32 Å². The van der Waals surface area contributed by atoms with Crippen LogP contribution in [0.4, 0.5) is 4.79 Å². The third kappa shape index (κ3) is 3.50. The van der Waals surface area contributed by atoms with E-state index >= 15 is 0 Å². The van der Waals surface area contributed by atoms with Crippen molar-refractivity contribution >= 4 is 16.8 Å². The molecular formula is C17H22N2O. The summed E-state index contributed by atoms with van der Waals surface area (Å²) in [6, 6.07) is 14.3. The maximum Gasteiger partial charge on any atom is 0.312 e. The smallest absolute Gasteiger partial charge is 0.312 e. The molecule has 0 spiro atoms. The van der Waals surface area contributed by atoms with Crippen molar-refractivity contribution in [2.45, 2.75) is 32.1 Å². The lowest BCUT2D eigenvalue weighted by atomic mass is 9.89. The van der Waals surface area contributed by atoms with Gasteiger partial charge in [-0.15, -0.1) is 0 Å². The first-order valence-electron chi connectivity index (χ1n) is 7.23. The van der Waals surface area contributed by atoms with Crippen LogP contribution < -0.4 is 11.1 Å². The van der Waals surface area contributed by atoms with E-state index in [0.29, 0.717) is 12.5 Å². The highest BCUT2D eigenvalue weighted by Crippen LogP contribution is 2.28. The molecule has 0 aliphatic carbocycles. The summed E-state index contributed by atoms with van der Waals surface area (Å²) >= 11 is 0. The summed E-state index contributed by atoms with van der Waals surface area (Å²) in [5.74, 6) is 0.313. The second-order valence-electron chi connectivity index (χ2n) is 5.15. The molecule has 0 aliphatic heterocycles. The first-order valence-corrected chi connectivity index (χ1v) is 7.23. The van der Waals surface area contributed by atoms with Gasteiger partial charge in [-0.3, -0.25) is 0 Å². The lowest BCUT2D eigenvalue weighted by Gasteiger charge is -2.19. The number of hydrogen-bond acceptors (Lipinski definition) is 1. The highest BCUT2D eigenvalue weighted by Gasteiger charge is 2.14. The van der Waals surface area contributed by atoms with Crippen molar-refractivity contribution in [2.24, 2.45) is 5.73 Å². The Morgan fingerprint density at radius 2 is 1.95 bits per heavy atom. The fourth-order valence-corrected chi connectivity index (χ4v) is 2.65. The molecule has 0 fully saturated rings. The van der Waals surface area contributed by atoms with Gasteiger partial charge in [0.15, 0.2) is 0 Å². The molecule has 2 aromatic carbocycles. The molecule has 0 bridgehead atoms. The van der Waals surface area contributed by atoms with E-state index in [-0.39, 0.29) is 0 Å². The lowest BCUT2D eigenvalue weighted by molar-refractivity contribution is 0.248. The molecule has 3 N–H and O–H groups in total. The van der Waals surface area contributed by atoms with E-state index in [2.05, 4.69) is 54.7 Å². The number of nitrogens with one attached hydrogen (secondary N) is 1. The number of amides is 2. The molecule has 2 aromatic rings. The van der Waals surface area contributed by atoms with Crippen LogP contribution in [0.15, 0.2) is 42.5 Å². The largest absolute Gasteiger partial charge is 0.352 e. The second-order valence-corrected chi connectivity index (χ2v) is 5.15. The first kappa shape index (κ1) is 14.4. The van der Waals surface area contributed by atoms with Gasteiger partial charge < -0.3 is 11.1 Å². The fraction of sp³-hybridized carbons (Fsp3) is 0.353. The molecule has 0 radical (unpaired) electrons. The summed E-state index contributed by atoms with van der Waals surface area (Å²) in [6.07, 6.45) is 3.36. The van der Waals surface area contributed by atoms with E-state index in [4.69, 9.17) is 5.73 Å². The Balaban J connectivity index is 2.31. The standard InChI is InChI=1S/C17H22N2O/c1-2-3-7-14(12-19-17(18)20)16-11-6-9-13-8-4-5-10-15(13)16/h4-6,8-11,14H,2-3,7,12H2,1H3,(H3,18,19,20). The van der Waals surface area contributed by atoms with Crippen LogP contribution in [0.1, 0.15) is 37.7 Å². The fourth-order valence-electron chi connectivity index (χ4n) is 2.65. The third-order valence-electron chi connectivity index (χ3n) is 3.69. The van der Waals surface area contributed by atoms with Crippen molar-refractivity contribution in [2.75, 3.05) is 6.54 Å². The predicted octanol–water partition coefficient (Wildman–Crippen LogP) is 3.78. The summed E-state index contributed by atoms with van der Waals surface area (Å²) in [4.78, 5) is 11.0. The molecule has 1 unspecified atom stereocenters. The molecule has 0 saturated heterocycles. The Morgan fingerprint density at radius 3 is 2.70 bits per heavy atom. The summed E-state index contributed by atoms with van der Waals surface area (Å²) in [6.45, 7) is 2.78. The van der Waals surface area contributed by atoms with E-state index in [0.717, 1.165) is 19.3 Å². The highest BCUT2D eigenvalue weighted by atomic mass is 16.2. The van der Waals surface area contributed by atoms with Crippen LogP contribution in [0.5, 0.6) is 0 Å². The number of rotatable bonds is 6. The number of primary amides is 1. The topological polar surface area (TPSA) is 55.1 Å². The summed E-state index contributed by atoms with van der Waals surface area (Å²) in [5.41, 5.74) is 6.51. The third-order valence-corrected chi connectivity index (χ3v) is 3.69. The highest BCUT2D eigenvalue weighted by molar-refractivity contribution is 5.86. The zero-order chi connectivity index (χ0) is 14.4. The number of urea groups is 1. The van der Waals surface area contributed by atoms with Crippen molar-refractivity contribution in [1.29, 1.82) is 0 Å². The Bertz CT molecular complexity index is 575. The molecule has 1 atom stereocenters. The van der Waals surface area contributed by atoms with Crippen LogP contribution in [0.2, 0.25) is 0 Å². The number of carbonyl (C=O) groups is 1. The molecule has 3 heteroatoms. The molecule has 0 heterocycles. The predicted molar refractivity (Wildman–Crippen MR) is 83.8 cm³/mol. The van der Waals surface area contributed by atoms with Crippen LogP contribution >= 0.6 is 0 Å². The molecule has 0 aromatic heterocycles. The van der Waals surface area contributed by atoms with Crippen molar-refractivity contribution < 1.29 is 4.79 Å². The number of fused-ring (bicyclic) bond motifs is 1. The van der Waals surface area contributed by atoms with Gasteiger partial charge in [-0.1, -0.05) is 62.2 Å². The van der Waals surface area contributed by atoms with E-state index in [1.807, 2.05) is 0 Å². The Labute approximate surface area is 120 Å². The van der Waals surface area contributed by atoms with Gasteiger partial charge in [-0.2, -0.15) is 0 Å². The molecule has 0 aliphatic rings. The Morgan fingerprint density at radius 1 is 1.20 bits per heavy atom. The van der Waals surface area contributed by atoms with Crippen LogP contribution in [-0.4, -0.2) is 12.6 Å². The molecule has 106 valence electrons. The normalized spacial score (nSPS) is 12.2. The van der Waals surface area contributed by atoms with Gasteiger partial charge in [-0.25, -0.2) is 4.79 Å². The van der Waals surface area contributed by atoms with Gasteiger partial charge in [0.05, 0.1) is 0 Å². The second kappa shape index (κ2) is 6.94. The zero-order valence-electron chi connectivity index (χ0n) is 11.9. The Kier molecular flexibility index (Phi) is 4.99. The van der Waals surface area contributed by atoms with Gasteiger partial charge in [0.25, 0.3) is 0 Å². The van der Waals surface area contributed by atoms with Gasteiger partial charge in [-0.05, 0) is 22.8 Å². The maximum atomic E-state index is 11.0. The molecule has 20 heavy (non-hydrogen) atoms. The number of hydrogen-bond donors (Lipinski definition) is 2. The number of nitrogens with two attached hydrogens (primary N) is 1. The first-order chi connectivity index (χ1) is 9.72. The van der Waals surface area contributed by atoms with Gasteiger partial charge >= 0.3 is 6.03 Å². The van der Waals surface area contributed by atoms with Gasteiger partial charge in [0.1, 0.15) is 0 Å². The molecule has 0 saturated carbocycles. The molecule has 2 rings (SSSR count).